The van der Waals surface area contributed by atoms with E-state index in [1.165, 1.54) is 49.2 Å². The maximum absolute atomic E-state index is 5.43. The summed E-state index contributed by atoms with van der Waals surface area (Å²) in [6.07, 6.45) is 38.9. The van der Waals surface area contributed by atoms with Gasteiger partial charge < -0.3 is 9.80 Å². The number of aromatic nitrogens is 2. The van der Waals surface area contributed by atoms with Gasteiger partial charge in [0, 0.05) is 78.6 Å². The zero-order valence-electron chi connectivity index (χ0n) is 39.6. The normalized spacial score (nSPS) is 16.3. The molecule has 0 spiro atoms. The lowest BCUT2D eigenvalue weighted by Gasteiger charge is -2.36. The summed E-state index contributed by atoms with van der Waals surface area (Å²) in [7, 11) is 0. The van der Waals surface area contributed by atoms with Crippen LogP contribution in [0, 0.1) is 6.92 Å². The molecule has 0 saturated heterocycles. The summed E-state index contributed by atoms with van der Waals surface area (Å²) in [6.45, 7) is 11.0. The van der Waals surface area contributed by atoms with E-state index in [4.69, 9.17) is 9.97 Å². The van der Waals surface area contributed by atoms with Gasteiger partial charge in [0.1, 0.15) is 0 Å². The zero-order valence-corrected chi connectivity index (χ0v) is 40.4. The first-order valence-corrected chi connectivity index (χ1v) is 24.7. The lowest BCUT2D eigenvalue weighted by molar-refractivity contribution is 0.954. The number of benzene rings is 5. The standard InChI is InChI=1S/C63H56N4S/c1-6-8-32-52-43(3)37-39-55-60(47-26-16-12-17-27-47)64-63(65-61(52)55)49-28-22-31-51(41-49)66(44(4)7-2)62-53(45(5)46-24-14-11-15-25-46)33-23-34-54(62)48-38-40-57-59(42-48)68-58-36-21-13-20-35-56(58)67(57)50-29-18-9-10-19-30-50/h7-24,26-29,31-34,36-42H,6,25,30,35H2,1-5H3/b32-8-,44-7+,46-45+. The van der Waals surface area contributed by atoms with Crippen molar-refractivity contribution in [3.05, 3.63) is 239 Å². The number of hydrogen-bond donors (Lipinski definition) is 0. The molecule has 4 aliphatic rings. The number of aryl methyl sites for hydroxylation is 1. The van der Waals surface area contributed by atoms with Gasteiger partial charge in [0.05, 0.1) is 22.6 Å². The Balaban J connectivity index is 1.17. The highest BCUT2D eigenvalue weighted by molar-refractivity contribution is 8.03. The maximum Gasteiger partial charge on any atom is 0.160 e. The third-order valence-electron chi connectivity index (χ3n) is 13.2. The van der Waals surface area contributed by atoms with Crippen molar-refractivity contribution in [2.24, 2.45) is 0 Å². The van der Waals surface area contributed by atoms with E-state index in [9.17, 15) is 0 Å². The van der Waals surface area contributed by atoms with Crippen molar-refractivity contribution < 1.29 is 0 Å². The highest BCUT2D eigenvalue weighted by atomic mass is 32.2. The van der Waals surface area contributed by atoms with Gasteiger partial charge in [0.15, 0.2) is 5.82 Å². The average molecular weight is 901 g/mol. The van der Waals surface area contributed by atoms with E-state index in [2.05, 4.69) is 245 Å². The molecular formula is C63H56N4S. The summed E-state index contributed by atoms with van der Waals surface area (Å²) in [5.74, 6) is 0.696. The monoisotopic (exact) mass is 900 g/mol. The summed E-state index contributed by atoms with van der Waals surface area (Å²) in [4.78, 5) is 18.3. The zero-order chi connectivity index (χ0) is 46.6. The third-order valence-corrected chi connectivity index (χ3v) is 14.3. The van der Waals surface area contributed by atoms with Gasteiger partial charge >= 0.3 is 0 Å². The van der Waals surface area contributed by atoms with Gasteiger partial charge in [-0.3, -0.25) is 0 Å². The van der Waals surface area contributed by atoms with Crippen LogP contribution in [-0.4, -0.2) is 9.97 Å². The van der Waals surface area contributed by atoms with Crippen molar-refractivity contribution in [2.75, 3.05) is 9.80 Å². The second-order valence-electron chi connectivity index (χ2n) is 17.5. The molecule has 68 heavy (non-hydrogen) atoms. The molecule has 0 fully saturated rings. The molecule has 3 aliphatic carbocycles. The van der Waals surface area contributed by atoms with Crippen LogP contribution in [0.25, 0.3) is 56.3 Å². The molecule has 0 atom stereocenters. The molecule has 2 heterocycles. The summed E-state index contributed by atoms with van der Waals surface area (Å²) in [5.41, 5.74) is 19.4. The summed E-state index contributed by atoms with van der Waals surface area (Å²) in [6, 6.07) is 37.6. The molecule has 1 aliphatic heterocycles. The number of nitrogens with zero attached hydrogens (tertiary/aromatic N) is 4. The molecule has 6 aromatic rings. The van der Waals surface area contributed by atoms with Crippen LogP contribution in [-0.2, 0) is 0 Å². The molecular weight excluding hydrogens is 845 g/mol. The highest BCUT2D eigenvalue weighted by Crippen LogP contribution is 2.51. The minimum Gasteiger partial charge on any atom is -0.315 e. The highest BCUT2D eigenvalue weighted by Gasteiger charge is 2.29. The van der Waals surface area contributed by atoms with Gasteiger partial charge in [0.25, 0.3) is 0 Å². The molecule has 0 amide bonds. The smallest absolute Gasteiger partial charge is 0.160 e. The van der Waals surface area contributed by atoms with Crippen LogP contribution in [0.5, 0.6) is 0 Å². The Morgan fingerprint density at radius 2 is 1.53 bits per heavy atom. The van der Waals surface area contributed by atoms with Crippen LogP contribution in [0.2, 0.25) is 0 Å². The molecule has 0 saturated carbocycles. The van der Waals surface area contributed by atoms with E-state index in [1.54, 1.807) is 0 Å². The number of para-hydroxylation sites is 1. The number of anilines is 3. The van der Waals surface area contributed by atoms with Crippen molar-refractivity contribution in [3.63, 3.8) is 0 Å². The SMILES string of the molecule is C/C=C(\C)N(c1cccc(-c2nc(-c3ccccc3)c3ccc(C)c(/C=C\CC)c3n2)c1)c1c(/C(C)=C2\C=CC=CC2)cccc1-c1ccc2c(c1)SC1=C(CC=CC=C1)N2C1=CC=CC=CC1. The molecule has 10 rings (SSSR count). The fourth-order valence-electron chi connectivity index (χ4n) is 9.58. The number of fused-ring (bicyclic) bond motifs is 2. The second-order valence-corrected chi connectivity index (χ2v) is 18.6. The summed E-state index contributed by atoms with van der Waals surface area (Å²) < 4.78 is 0. The van der Waals surface area contributed by atoms with Gasteiger partial charge in [-0.25, -0.2) is 9.97 Å². The van der Waals surface area contributed by atoms with Crippen LogP contribution in [0.4, 0.5) is 17.1 Å². The number of rotatable bonds is 10. The molecule has 5 heteroatoms. The molecule has 4 nitrogen and oxygen atoms in total. The van der Waals surface area contributed by atoms with Crippen molar-refractivity contribution in [3.8, 4) is 33.8 Å². The first kappa shape index (κ1) is 44.4. The first-order chi connectivity index (χ1) is 33.4. The maximum atomic E-state index is 5.43. The van der Waals surface area contributed by atoms with Crippen LogP contribution in [0.3, 0.4) is 0 Å². The molecule has 5 aromatic carbocycles. The van der Waals surface area contributed by atoms with Crippen LogP contribution in [0.1, 0.15) is 70.1 Å². The van der Waals surface area contributed by atoms with E-state index in [0.717, 1.165) is 87.2 Å². The van der Waals surface area contributed by atoms with Crippen molar-refractivity contribution in [1.29, 1.82) is 0 Å². The lowest BCUT2D eigenvalue weighted by atomic mass is 9.90. The predicted octanol–water partition coefficient (Wildman–Crippen LogP) is 17.8. The quantitative estimate of drug-likeness (QED) is 0.137. The third kappa shape index (κ3) is 8.66. The minimum atomic E-state index is 0.696. The summed E-state index contributed by atoms with van der Waals surface area (Å²) >= 11 is 1.88. The Bertz CT molecular complexity index is 3310. The van der Waals surface area contributed by atoms with E-state index < -0.39 is 0 Å². The Morgan fingerprint density at radius 1 is 0.735 bits per heavy atom. The molecule has 1 aromatic heterocycles. The van der Waals surface area contributed by atoms with E-state index >= 15 is 0 Å². The van der Waals surface area contributed by atoms with E-state index in [-0.39, 0.29) is 0 Å². The van der Waals surface area contributed by atoms with Crippen LogP contribution in [0.15, 0.2) is 227 Å². The Labute approximate surface area is 406 Å². The lowest BCUT2D eigenvalue weighted by Crippen LogP contribution is -2.25. The Hall–Kier alpha value is -7.47. The first-order valence-electron chi connectivity index (χ1n) is 23.9. The topological polar surface area (TPSA) is 32.3 Å². The van der Waals surface area contributed by atoms with Crippen molar-refractivity contribution in [1.82, 2.24) is 9.97 Å². The average Bonchev–Trinajstić information content (AvgIpc) is 3.81. The van der Waals surface area contributed by atoms with Gasteiger partial charge in [-0.1, -0.05) is 183 Å². The fourth-order valence-corrected chi connectivity index (χ4v) is 10.7. The van der Waals surface area contributed by atoms with Gasteiger partial charge in [-0.15, -0.1) is 0 Å². The molecule has 0 unspecified atom stereocenters. The van der Waals surface area contributed by atoms with Crippen molar-refractivity contribution in [2.45, 2.75) is 65.2 Å². The molecule has 0 radical (unpaired) electrons. The summed E-state index contributed by atoms with van der Waals surface area (Å²) in [5, 5.41) is 1.04. The van der Waals surface area contributed by atoms with Gasteiger partial charge in [0.2, 0.25) is 0 Å². The minimum absolute atomic E-state index is 0.696. The largest absolute Gasteiger partial charge is 0.315 e. The number of thioether (sulfide) groups is 1. The van der Waals surface area contributed by atoms with Crippen LogP contribution >= 0.6 is 11.8 Å². The number of allylic oxidation sites excluding steroid dienone is 18. The molecule has 334 valence electrons. The second kappa shape index (κ2) is 19.8. The molecule has 0 bridgehead atoms. The van der Waals surface area contributed by atoms with Crippen molar-refractivity contribution >= 4 is 51.4 Å². The fraction of sp³-hybridized carbons (Fsp3) is 0.143. The van der Waals surface area contributed by atoms with E-state index in [0.29, 0.717) is 5.82 Å². The number of hydrogen-bond acceptors (Lipinski definition) is 5. The van der Waals surface area contributed by atoms with Gasteiger partial charge in [-0.05, 0) is 99.2 Å². The Morgan fingerprint density at radius 3 is 2.35 bits per heavy atom. The Kier molecular flexibility index (Phi) is 12.9. The van der Waals surface area contributed by atoms with Crippen LogP contribution < -0.4 is 9.80 Å². The van der Waals surface area contributed by atoms with Gasteiger partial charge in [-0.2, -0.15) is 0 Å². The van der Waals surface area contributed by atoms with E-state index in [1.807, 2.05) is 11.8 Å². The molecule has 0 N–H and O–H groups in total. The predicted molar refractivity (Wildman–Crippen MR) is 293 cm³/mol.